The van der Waals surface area contributed by atoms with E-state index >= 15 is 0 Å². The van der Waals surface area contributed by atoms with E-state index in [0.29, 0.717) is 17.1 Å². The van der Waals surface area contributed by atoms with E-state index in [4.69, 9.17) is 9.47 Å². The van der Waals surface area contributed by atoms with E-state index in [2.05, 4.69) is 26.5 Å². The van der Waals surface area contributed by atoms with Crippen molar-refractivity contribution >= 4 is 28.1 Å². The van der Waals surface area contributed by atoms with E-state index in [-0.39, 0.29) is 5.91 Å². The van der Waals surface area contributed by atoms with Gasteiger partial charge in [-0.05, 0) is 29.8 Å². The number of benzene rings is 2. The van der Waals surface area contributed by atoms with Gasteiger partial charge in [0.05, 0.1) is 26.0 Å². The Balaban J connectivity index is 2.09. The highest BCUT2D eigenvalue weighted by Gasteiger charge is 2.12. The molecule has 114 valence electrons. The molecule has 1 N–H and O–H groups in total. The molecule has 0 saturated carbocycles. The Morgan fingerprint density at radius 1 is 1.18 bits per heavy atom. The van der Waals surface area contributed by atoms with E-state index in [1.54, 1.807) is 31.5 Å². The van der Waals surface area contributed by atoms with E-state index in [0.717, 1.165) is 10.0 Å². The molecule has 6 heteroatoms. The normalized spacial score (nSPS) is 10.5. The predicted octanol–water partition coefficient (Wildman–Crippen LogP) is 3.23. The Hall–Kier alpha value is -2.34. The van der Waals surface area contributed by atoms with Crippen molar-refractivity contribution in [3.8, 4) is 11.5 Å². The fourth-order valence-electron chi connectivity index (χ4n) is 1.80. The average Bonchev–Trinajstić information content (AvgIpc) is 2.54. The van der Waals surface area contributed by atoms with Gasteiger partial charge in [0, 0.05) is 10.5 Å². The van der Waals surface area contributed by atoms with E-state index in [9.17, 15) is 4.79 Å². The maximum absolute atomic E-state index is 12.1. The minimum absolute atomic E-state index is 0.356. The van der Waals surface area contributed by atoms with Crippen molar-refractivity contribution in [2.24, 2.45) is 5.10 Å². The topological polar surface area (TPSA) is 59.9 Å². The minimum Gasteiger partial charge on any atom is -0.497 e. The van der Waals surface area contributed by atoms with Gasteiger partial charge in [-0.15, -0.1) is 0 Å². The Morgan fingerprint density at radius 3 is 2.68 bits per heavy atom. The summed E-state index contributed by atoms with van der Waals surface area (Å²) in [4.78, 5) is 12.1. The number of methoxy groups -OCH3 is 2. The first-order chi connectivity index (χ1) is 10.6. The van der Waals surface area contributed by atoms with E-state index < -0.39 is 0 Å². The number of amides is 1. The lowest BCUT2D eigenvalue weighted by molar-refractivity contribution is 0.0952. The summed E-state index contributed by atoms with van der Waals surface area (Å²) < 4.78 is 11.2. The zero-order valence-electron chi connectivity index (χ0n) is 12.2. The Kier molecular flexibility index (Phi) is 5.55. The number of hydrogen-bond donors (Lipinski definition) is 1. The molecular formula is C16H15BrN2O3. The van der Waals surface area contributed by atoms with Crippen molar-refractivity contribution in [3.63, 3.8) is 0 Å². The number of hydrazone groups is 1. The van der Waals surface area contributed by atoms with Gasteiger partial charge in [0.1, 0.15) is 11.5 Å². The number of nitrogens with one attached hydrogen (secondary N) is 1. The maximum atomic E-state index is 12.1. The summed E-state index contributed by atoms with van der Waals surface area (Å²) >= 11 is 3.37. The molecule has 0 aliphatic carbocycles. The summed E-state index contributed by atoms with van der Waals surface area (Å²) in [5, 5.41) is 3.94. The minimum atomic E-state index is -0.356. The van der Waals surface area contributed by atoms with Crippen LogP contribution in [0.1, 0.15) is 15.9 Å². The largest absolute Gasteiger partial charge is 0.497 e. The Bertz CT molecular complexity index is 702. The van der Waals surface area contributed by atoms with Crippen LogP contribution in [0.25, 0.3) is 0 Å². The number of rotatable bonds is 5. The SMILES string of the molecule is COc1ccc(C(=O)N/N=C\c2cccc(Br)c2)c(OC)c1. The van der Waals surface area contributed by atoms with Crippen LogP contribution < -0.4 is 14.9 Å². The van der Waals surface area contributed by atoms with Crippen LogP contribution in [0.5, 0.6) is 11.5 Å². The van der Waals surface area contributed by atoms with E-state index in [1.165, 1.54) is 7.11 Å². The molecule has 2 aromatic rings. The summed E-state index contributed by atoms with van der Waals surface area (Å²) in [7, 11) is 3.05. The van der Waals surface area contributed by atoms with Crippen LogP contribution in [-0.2, 0) is 0 Å². The van der Waals surface area contributed by atoms with Crippen LogP contribution in [0.3, 0.4) is 0 Å². The van der Waals surface area contributed by atoms with Gasteiger partial charge in [-0.25, -0.2) is 5.43 Å². The summed E-state index contributed by atoms with van der Waals surface area (Å²) in [6.07, 6.45) is 1.57. The highest BCUT2D eigenvalue weighted by atomic mass is 79.9. The van der Waals surface area contributed by atoms with Gasteiger partial charge >= 0.3 is 0 Å². The smallest absolute Gasteiger partial charge is 0.275 e. The third-order valence-electron chi connectivity index (χ3n) is 2.88. The lowest BCUT2D eigenvalue weighted by Gasteiger charge is -2.08. The molecule has 0 fully saturated rings. The molecule has 0 saturated heterocycles. The molecule has 2 aromatic carbocycles. The Labute approximate surface area is 137 Å². The van der Waals surface area contributed by atoms with Gasteiger partial charge in [0.25, 0.3) is 5.91 Å². The lowest BCUT2D eigenvalue weighted by Crippen LogP contribution is -2.18. The molecule has 0 spiro atoms. The highest BCUT2D eigenvalue weighted by Crippen LogP contribution is 2.24. The van der Waals surface area contributed by atoms with Gasteiger partial charge in [-0.3, -0.25) is 4.79 Å². The standard InChI is InChI=1S/C16H15BrN2O3/c1-21-13-6-7-14(15(9-13)22-2)16(20)19-18-10-11-4-3-5-12(17)8-11/h3-10H,1-2H3,(H,19,20)/b18-10-. The van der Waals surface area contributed by atoms with Crippen LogP contribution in [-0.4, -0.2) is 26.3 Å². The number of carbonyl (C=O) groups excluding carboxylic acids is 1. The first-order valence-corrected chi connectivity index (χ1v) is 7.24. The second-order valence-electron chi connectivity index (χ2n) is 4.32. The molecule has 0 aromatic heterocycles. The van der Waals surface area contributed by atoms with Crippen LogP contribution in [0, 0.1) is 0 Å². The maximum Gasteiger partial charge on any atom is 0.275 e. The predicted molar refractivity (Wildman–Crippen MR) is 88.7 cm³/mol. The quantitative estimate of drug-likeness (QED) is 0.656. The number of carbonyl (C=O) groups is 1. The molecule has 0 radical (unpaired) electrons. The molecular weight excluding hydrogens is 348 g/mol. The molecule has 0 heterocycles. The lowest BCUT2D eigenvalue weighted by atomic mass is 10.2. The fourth-order valence-corrected chi connectivity index (χ4v) is 2.22. The van der Waals surface area contributed by atoms with Crippen molar-refractivity contribution in [2.75, 3.05) is 14.2 Å². The van der Waals surface area contributed by atoms with E-state index in [1.807, 2.05) is 24.3 Å². The zero-order valence-corrected chi connectivity index (χ0v) is 13.8. The molecule has 22 heavy (non-hydrogen) atoms. The summed E-state index contributed by atoms with van der Waals surface area (Å²) in [6, 6.07) is 12.5. The summed E-state index contributed by atoms with van der Waals surface area (Å²) in [5.41, 5.74) is 3.73. The molecule has 0 unspecified atom stereocenters. The van der Waals surface area contributed by atoms with Crippen LogP contribution in [0.15, 0.2) is 52.0 Å². The summed E-state index contributed by atoms with van der Waals surface area (Å²) in [6.45, 7) is 0. The third-order valence-corrected chi connectivity index (χ3v) is 3.37. The zero-order chi connectivity index (χ0) is 15.9. The van der Waals surface area contributed by atoms with Crippen molar-refractivity contribution in [1.29, 1.82) is 0 Å². The van der Waals surface area contributed by atoms with Crippen molar-refractivity contribution in [2.45, 2.75) is 0 Å². The van der Waals surface area contributed by atoms with Gasteiger partial charge in [-0.2, -0.15) is 5.10 Å². The van der Waals surface area contributed by atoms with Crippen LogP contribution in [0.2, 0.25) is 0 Å². The van der Waals surface area contributed by atoms with Crippen LogP contribution >= 0.6 is 15.9 Å². The first-order valence-electron chi connectivity index (χ1n) is 6.45. The fraction of sp³-hybridized carbons (Fsp3) is 0.125. The molecule has 5 nitrogen and oxygen atoms in total. The van der Waals surface area contributed by atoms with Crippen molar-refractivity contribution in [3.05, 3.63) is 58.1 Å². The monoisotopic (exact) mass is 362 g/mol. The van der Waals surface area contributed by atoms with Gasteiger partial charge < -0.3 is 9.47 Å². The highest BCUT2D eigenvalue weighted by molar-refractivity contribution is 9.10. The third kappa shape index (κ3) is 4.08. The summed E-state index contributed by atoms with van der Waals surface area (Å²) in [5.74, 6) is 0.686. The van der Waals surface area contributed by atoms with Crippen molar-refractivity contribution in [1.82, 2.24) is 5.43 Å². The average molecular weight is 363 g/mol. The Morgan fingerprint density at radius 2 is 2.00 bits per heavy atom. The van der Waals surface area contributed by atoms with Gasteiger partial charge in [0.2, 0.25) is 0 Å². The van der Waals surface area contributed by atoms with Crippen LogP contribution in [0.4, 0.5) is 0 Å². The number of ether oxygens (including phenoxy) is 2. The second kappa shape index (κ2) is 7.61. The molecule has 0 bridgehead atoms. The number of nitrogens with zero attached hydrogens (tertiary/aromatic N) is 1. The number of hydrogen-bond acceptors (Lipinski definition) is 4. The first kappa shape index (κ1) is 16.0. The molecule has 2 rings (SSSR count). The van der Waals surface area contributed by atoms with Gasteiger partial charge in [-0.1, -0.05) is 28.1 Å². The second-order valence-corrected chi connectivity index (χ2v) is 5.24. The molecule has 0 aliphatic heterocycles. The number of halogens is 1. The molecule has 0 atom stereocenters. The van der Waals surface area contributed by atoms with Crippen molar-refractivity contribution < 1.29 is 14.3 Å². The molecule has 1 amide bonds. The molecule has 0 aliphatic rings. The van der Waals surface area contributed by atoms with Gasteiger partial charge in [0.15, 0.2) is 0 Å².